The number of fused-ring (bicyclic) bond motifs is 1. The van der Waals surface area contributed by atoms with Crippen molar-refractivity contribution in [3.8, 4) is 11.4 Å². The molecule has 3 heterocycles. The Hall–Kier alpha value is -3.32. The summed E-state index contributed by atoms with van der Waals surface area (Å²) in [7, 11) is 1.68. The van der Waals surface area contributed by atoms with Crippen molar-refractivity contribution < 1.29 is 14.3 Å². The summed E-state index contributed by atoms with van der Waals surface area (Å²) in [5, 5.41) is 4.43. The van der Waals surface area contributed by atoms with Gasteiger partial charge in [0.25, 0.3) is 0 Å². The average molecular weight is 433 g/mol. The lowest BCUT2D eigenvalue weighted by atomic mass is 9.97. The first-order chi connectivity index (χ1) is 15.7. The number of aryl methyl sites for hydroxylation is 1. The van der Waals surface area contributed by atoms with E-state index in [-0.39, 0.29) is 12.1 Å². The van der Waals surface area contributed by atoms with E-state index in [0.717, 1.165) is 47.9 Å². The van der Waals surface area contributed by atoms with Crippen LogP contribution in [0.5, 0.6) is 5.75 Å². The first-order valence-corrected chi connectivity index (χ1v) is 11.0. The van der Waals surface area contributed by atoms with E-state index >= 15 is 0 Å². The van der Waals surface area contributed by atoms with E-state index in [0.29, 0.717) is 13.2 Å². The zero-order valence-electron chi connectivity index (χ0n) is 18.5. The van der Waals surface area contributed by atoms with Gasteiger partial charge in [0.15, 0.2) is 5.84 Å². The second-order valence-corrected chi connectivity index (χ2v) is 8.26. The highest BCUT2D eigenvalue weighted by Crippen LogP contribution is 2.30. The molecule has 2 aliphatic heterocycles. The highest BCUT2D eigenvalue weighted by Gasteiger charge is 2.38. The van der Waals surface area contributed by atoms with E-state index in [1.807, 2.05) is 48.0 Å². The van der Waals surface area contributed by atoms with Gasteiger partial charge in [-0.25, -0.2) is 4.98 Å². The molecule has 0 amide bonds. The number of hydrogen-bond acceptors (Lipinski definition) is 6. The SMILES string of the molecule is COc1cc(C2=NOCC3C(OCc4ccccc4)CCCN23)ccc1-n1cnc(C)c1. The van der Waals surface area contributed by atoms with Gasteiger partial charge in [0, 0.05) is 18.3 Å². The van der Waals surface area contributed by atoms with E-state index < -0.39 is 0 Å². The summed E-state index contributed by atoms with van der Waals surface area (Å²) in [5.41, 5.74) is 4.05. The van der Waals surface area contributed by atoms with Crippen molar-refractivity contribution >= 4 is 5.84 Å². The molecule has 2 aliphatic rings. The minimum absolute atomic E-state index is 0.101. The number of aromatic nitrogens is 2. The molecule has 2 aromatic carbocycles. The van der Waals surface area contributed by atoms with Crippen molar-refractivity contribution in [2.24, 2.45) is 5.16 Å². The largest absolute Gasteiger partial charge is 0.495 e. The van der Waals surface area contributed by atoms with Crippen LogP contribution in [0.2, 0.25) is 0 Å². The molecule has 7 nitrogen and oxygen atoms in total. The Kier molecular flexibility index (Phi) is 5.81. The highest BCUT2D eigenvalue weighted by molar-refractivity contribution is 5.99. The van der Waals surface area contributed by atoms with Gasteiger partial charge in [0.2, 0.25) is 0 Å². The zero-order chi connectivity index (χ0) is 21.9. The molecule has 166 valence electrons. The van der Waals surface area contributed by atoms with Crippen LogP contribution in [0.15, 0.2) is 66.2 Å². The van der Waals surface area contributed by atoms with Crippen LogP contribution >= 0.6 is 0 Å². The van der Waals surface area contributed by atoms with Crippen molar-refractivity contribution in [2.45, 2.75) is 38.5 Å². The van der Waals surface area contributed by atoms with Crippen LogP contribution in [0.4, 0.5) is 0 Å². The molecule has 0 saturated carbocycles. The number of methoxy groups -OCH3 is 1. The zero-order valence-corrected chi connectivity index (χ0v) is 18.5. The third-order valence-electron chi connectivity index (χ3n) is 6.12. The summed E-state index contributed by atoms with van der Waals surface area (Å²) in [6.07, 6.45) is 5.95. The smallest absolute Gasteiger partial charge is 0.176 e. The molecule has 0 spiro atoms. The van der Waals surface area contributed by atoms with Gasteiger partial charge in [-0.3, -0.25) is 0 Å². The molecule has 7 heteroatoms. The first kappa shape index (κ1) is 20.6. The van der Waals surface area contributed by atoms with E-state index in [1.54, 1.807) is 13.4 Å². The number of oxime groups is 1. The Labute approximate surface area is 188 Å². The van der Waals surface area contributed by atoms with Crippen molar-refractivity contribution in [3.05, 3.63) is 77.9 Å². The number of hydrogen-bond donors (Lipinski definition) is 0. The lowest BCUT2D eigenvalue weighted by Gasteiger charge is -2.44. The molecule has 1 saturated heterocycles. The number of benzene rings is 2. The quantitative estimate of drug-likeness (QED) is 0.591. The summed E-state index contributed by atoms with van der Waals surface area (Å²) in [4.78, 5) is 12.3. The van der Waals surface area contributed by atoms with Crippen LogP contribution < -0.4 is 4.74 Å². The van der Waals surface area contributed by atoms with Gasteiger partial charge in [-0.15, -0.1) is 0 Å². The van der Waals surface area contributed by atoms with Gasteiger partial charge >= 0.3 is 0 Å². The minimum Gasteiger partial charge on any atom is -0.495 e. The van der Waals surface area contributed by atoms with Crippen LogP contribution in [-0.4, -0.2) is 52.7 Å². The topological polar surface area (TPSA) is 61.1 Å². The van der Waals surface area contributed by atoms with E-state index in [4.69, 9.17) is 14.3 Å². The summed E-state index contributed by atoms with van der Waals surface area (Å²) in [6.45, 7) is 4.04. The van der Waals surface area contributed by atoms with Crippen LogP contribution in [0.3, 0.4) is 0 Å². The number of imidazole rings is 1. The average Bonchev–Trinajstić information content (AvgIpc) is 3.28. The summed E-state index contributed by atoms with van der Waals surface area (Å²) < 4.78 is 14.0. The van der Waals surface area contributed by atoms with Gasteiger partial charge in [0.1, 0.15) is 12.4 Å². The minimum atomic E-state index is 0.101. The molecule has 0 radical (unpaired) electrons. The van der Waals surface area contributed by atoms with Gasteiger partial charge < -0.3 is 23.8 Å². The Balaban J connectivity index is 1.37. The fourth-order valence-corrected chi connectivity index (χ4v) is 4.48. The number of piperidine rings is 1. The second-order valence-electron chi connectivity index (χ2n) is 8.26. The molecule has 0 aliphatic carbocycles. The van der Waals surface area contributed by atoms with Crippen molar-refractivity contribution in [1.82, 2.24) is 14.5 Å². The monoisotopic (exact) mass is 432 g/mol. The molecule has 2 unspecified atom stereocenters. The molecule has 1 aromatic heterocycles. The van der Waals surface area contributed by atoms with Gasteiger partial charge in [0.05, 0.1) is 43.6 Å². The maximum atomic E-state index is 6.34. The highest BCUT2D eigenvalue weighted by atomic mass is 16.6. The number of nitrogens with zero attached hydrogens (tertiary/aromatic N) is 4. The first-order valence-electron chi connectivity index (χ1n) is 11.0. The molecular weight excluding hydrogens is 404 g/mol. The normalized spacial score (nSPS) is 20.3. The molecule has 0 bridgehead atoms. The molecule has 0 N–H and O–H groups in total. The van der Waals surface area contributed by atoms with Crippen LogP contribution in [0.1, 0.15) is 29.7 Å². The van der Waals surface area contributed by atoms with E-state index in [2.05, 4.69) is 33.2 Å². The maximum absolute atomic E-state index is 6.34. The third-order valence-corrected chi connectivity index (χ3v) is 6.12. The van der Waals surface area contributed by atoms with E-state index in [9.17, 15) is 0 Å². The standard InChI is InChI=1S/C25H28N4O3/c1-18-14-28(17-26-18)21-11-10-20(13-24(21)30-2)25-27-32-16-22-23(9-6-12-29(22)25)31-15-19-7-4-3-5-8-19/h3-5,7-8,10-11,13-14,17,22-23H,6,9,12,15-16H2,1-2H3. The molecule has 2 atom stereocenters. The Morgan fingerprint density at radius 1 is 1.16 bits per heavy atom. The molecule has 1 fully saturated rings. The Morgan fingerprint density at radius 3 is 2.81 bits per heavy atom. The van der Waals surface area contributed by atoms with E-state index in [1.165, 1.54) is 5.56 Å². The summed E-state index contributed by atoms with van der Waals surface area (Å²) >= 11 is 0. The fourth-order valence-electron chi connectivity index (χ4n) is 4.48. The van der Waals surface area contributed by atoms with Crippen molar-refractivity contribution in [2.75, 3.05) is 20.3 Å². The molecular formula is C25H28N4O3. The third kappa shape index (κ3) is 4.08. The van der Waals surface area contributed by atoms with Crippen LogP contribution in [0.25, 0.3) is 5.69 Å². The van der Waals surface area contributed by atoms with Gasteiger partial charge in [-0.2, -0.15) is 0 Å². The summed E-state index contributed by atoms with van der Waals surface area (Å²) in [6, 6.07) is 16.6. The Morgan fingerprint density at radius 2 is 2.03 bits per heavy atom. The summed E-state index contributed by atoms with van der Waals surface area (Å²) in [5.74, 6) is 1.60. The number of rotatable bonds is 6. The fraction of sp³-hybridized carbons (Fsp3) is 0.360. The number of ether oxygens (including phenoxy) is 2. The second kappa shape index (κ2) is 9.04. The molecule has 32 heavy (non-hydrogen) atoms. The predicted molar refractivity (Wildman–Crippen MR) is 122 cm³/mol. The maximum Gasteiger partial charge on any atom is 0.176 e. The predicted octanol–water partition coefficient (Wildman–Crippen LogP) is 3.93. The number of amidine groups is 1. The lowest BCUT2D eigenvalue weighted by Crippen LogP contribution is -2.56. The molecule has 5 rings (SSSR count). The van der Waals surface area contributed by atoms with Gasteiger partial charge in [-0.05, 0) is 43.5 Å². The molecule has 3 aromatic rings. The van der Waals surface area contributed by atoms with Crippen molar-refractivity contribution in [3.63, 3.8) is 0 Å². The van der Waals surface area contributed by atoms with Crippen LogP contribution in [0, 0.1) is 6.92 Å². The Bertz CT molecular complexity index is 1100. The van der Waals surface area contributed by atoms with Gasteiger partial charge in [-0.1, -0.05) is 35.5 Å². The van der Waals surface area contributed by atoms with Crippen molar-refractivity contribution in [1.29, 1.82) is 0 Å². The van der Waals surface area contributed by atoms with Crippen LogP contribution in [-0.2, 0) is 16.2 Å². The lowest BCUT2D eigenvalue weighted by molar-refractivity contribution is -0.0696.